The van der Waals surface area contributed by atoms with E-state index in [9.17, 15) is 18.0 Å². The molecule has 2 aromatic rings. The largest absolute Gasteiger partial charge is 0.416 e. The third-order valence-electron chi connectivity index (χ3n) is 3.99. The van der Waals surface area contributed by atoms with Crippen LogP contribution in [0, 0.1) is 0 Å². The minimum atomic E-state index is -4.43. The van der Waals surface area contributed by atoms with Gasteiger partial charge < -0.3 is 0 Å². The molecule has 0 aromatic heterocycles. The van der Waals surface area contributed by atoms with Crippen LogP contribution in [0.2, 0.25) is 0 Å². The van der Waals surface area contributed by atoms with E-state index in [1.54, 1.807) is 6.07 Å². The van der Waals surface area contributed by atoms with Crippen molar-refractivity contribution >= 4 is 23.4 Å². The fraction of sp³-hybridized carbons (Fsp3) is 0.278. The second kappa shape index (κ2) is 6.51. The van der Waals surface area contributed by atoms with Gasteiger partial charge in [0.2, 0.25) is 5.91 Å². The van der Waals surface area contributed by atoms with Crippen molar-refractivity contribution in [1.29, 1.82) is 0 Å². The fourth-order valence-corrected chi connectivity index (χ4v) is 3.88. The first-order chi connectivity index (χ1) is 11.4. The lowest BCUT2D eigenvalue weighted by atomic mass is 10.1. The van der Waals surface area contributed by atoms with Gasteiger partial charge in [-0.3, -0.25) is 9.69 Å². The van der Waals surface area contributed by atoms with Gasteiger partial charge in [-0.05, 0) is 35.7 Å². The van der Waals surface area contributed by atoms with Crippen LogP contribution < -0.4 is 4.90 Å². The van der Waals surface area contributed by atoms with Gasteiger partial charge in [0.15, 0.2) is 0 Å². The first-order valence-electron chi connectivity index (χ1n) is 7.60. The summed E-state index contributed by atoms with van der Waals surface area (Å²) < 4.78 is 38.8. The first kappa shape index (κ1) is 16.9. The maximum absolute atomic E-state index is 12.9. The number of hydrogen-bond acceptors (Lipinski definition) is 2. The highest BCUT2D eigenvalue weighted by Gasteiger charge is 2.36. The number of halogens is 3. The maximum Gasteiger partial charge on any atom is 0.416 e. The lowest BCUT2D eigenvalue weighted by Gasteiger charge is -2.25. The van der Waals surface area contributed by atoms with Gasteiger partial charge in [-0.15, -0.1) is 11.8 Å². The predicted octanol–water partition coefficient (Wildman–Crippen LogP) is 5.05. The lowest BCUT2D eigenvalue weighted by Crippen LogP contribution is -2.28. The number of benzene rings is 2. The van der Waals surface area contributed by atoms with E-state index in [2.05, 4.69) is 6.92 Å². The van der Waals surface area contributed by atoms with Crippen LogP contribution in [0.25, 0.3) is 0 Å². The smallest absolute Gasteiger partial charge is 0.295 e. The van der Waals surface area contributed by atoms with Gasteiger partial charge in [0.25, 0.3) is 0 Å². The molecule has 1 amide bonds. The average Bonchev–Trinajstić information content (AvgIpc) is 2.96. The second-order valence-corrected chi connectivity index (χ2v) is 6.64. The zero-order chi connectivity index (χ0) is 17.3. The normalized spacial score (nSPS) is 18.2. The molecule has 1 fully saturated rings. The summed E-state index contributed by atoms with van der Waals surface area (Å²) in [4.78, 5) is 13.7. The molecule has 0 saturated carbocycles. The molecule has 2 nitrogen and oxygen atoms in total. The van der Waals surface area contributed by atoms with E-state index in [1.165, 1.54) is 28.3 Å². The van der Waals surface area contributed by atoms with Crippen LogP contribution in [0.5, 0.6) is 0 Å². The van der Waals surface area contributed by atoms with Crippen molar-refractivity contribution in [1.82, 2.24) is 0 Å². The molecule has 1 heterocycles. The minimum absolute atomic E-state index is 0.177. The van der Waals surface area contributed by atoms with Gasteiger partial charge in [0.05, 0.1) is 11.3 Å². The Morgan fingerprint density at radius 3 is 2.50 bits per heavy atom. The number of amides is 1. The van der Waals surface area contributed by atoms with E-state index in [0.29, 0.717) is 0 Å². The summed E-state index contributed by atoms with van der Waals surface area (Å²) in [5, 5.41) is -0.299. The Bertz CT molecular complexity index is 743. The van der Waals surface area contributed by atoms with Crippen molar-refractivity contribution < 1.29 is 18.0 Å². The van der Waals surface area contributed by atoms with E-state index < -0.39 is 11.7 Å². The molecule has 1 saturated heterocycles. The number of carbonyl (C=O) groups excluding carboxylic acids is 1. The van der Waals surface area contributed by atoms with Crippen LogP contribution >= 0.6 is 11.8 Å². The van der Waals surface area contributed by atoms with Crippen molar-refractivity contribution in [2.24, 2.45) is 0 Å². The molecule has 1 atom stereocenters. The topological polar surface area (TPSA) is 20.3 Å². The van der Waals surface area contributed by atoms with Crippen LogP contribution in [0.3, 0.4) is 0 Å². The Labute approximate surface area is 142 Å². The van der Waals surface area contributed by atoms with Crippen LogP contribution in [0.1, 0.15) is 29.0 Å². The summed E-state index contributed by atoms with van der Waals surface area (Å²) in [7, 11) is 0. The van der Waals surface area contributed by atoms with Gasteiger partial charge in [-0.25, -0.2) is 0 Å². The SMILES string of the molecule is CCc1ccc([C@H]2SCC(=O)N2c2cccc(C(F)(F)F)c2)cc1. The van der Waals surface area contributed by atoms with Crippen LogP contribution in [-0.2, 0) is 17.4 Å². The Morgan fingerprint density at radius 2 is 1.88 bits per heavy atom. The number of anilines is 1. The fourth-order valence-electron chi connectivity index (χ4n) is 2.70. The summed E-state index contributed by atoms with van der Waals surface area (Å²) in [6.45, 7) is 2.05. The first-order valence-corrected chi connectivity index (χ1v) is 8.65. The minimum Gasteiger partial charge on any atom is -0.295 e. The molecule has 0 radical (unpaired) electrons. The summed E-state index contributed by atoms with van der Waals surface area (Å²) >= 11 is 1.43. The molecule has 1 aliphatic heterocycles. The van der Waals surface area contributed by atoms with Crippen LogP contribution in [0.15, 0.2) is 48.5 Å². The number of hydrogen-bond donors (Lipinski definition) is 0. The van der Waals surface area contributed by atoms with Gasteiger partial charge in [-0.1, -0.05) is 37.3 Å². The second-order valence-electron chi connectivity index (χ2n) is 5.57. The van der Waals surface area contributed by atoms with E-state index in [-0.39, 0.29) is 22.7 Å². The number of thioether (sulfide) groups is 1. The lowest BCUT2D eigenvalue weighted by molar-refractivity contribution is -0.137. The van der Waals surface area contributed by atoms with Gasteiger partial charge in [0, 0.05) is 5.69 Å². The standard InChI is InChI=1S/C18H16F3NOS/c1-2-12-6-8-13(9-7-12)17-22(16(23)11-24-17)15-5-3-4-14(10-15)18(19,20)21/h3-10,17H,2,11H2,1H3/t17-/m1/s1. The molecule has 2 aromatic carbocycles. The number of nitrogens with zero attached hydrogens (tertiary/aromatic N) is 1. The Balaban J connectivity index is 1.96. The monoisotopic (exact) mass is 351 g/mol. The number of aryl methyl sites for hydroxylation is 1. The summed E-state index contributed by atoms with van der Waals surface area (Å²) in [6, 6.07) is 12.8. The van der Waals surface area contributed by atoms with E-state index in [4.69, 9.17) is 0 Å². The molecule has 0 N–H and O–H groups in total. The van der Waals surface area contributed by atoms with Crippen molar-refractivity contribution in [3.05, 3.63) is 65.2 Å². The number of alkyl halides is 3. The molecule has 1 aliphatic rings. The van der Waals surface area contributed by atoms with Crippen LogP contribution in [0.4, 0.5) is 18.9 Å². The van der Waals surface area contributed by atoms with Crippen molar-refractivity contribution in [2.75, 3.05) is 10.7 Å². The van der Waals surface area contributed by atoms with Crippen molar-refractivity contribution in [2.45, 2.75) is 24.9 Å². The van der Waals surface area contributed by atoms with E-state index >= 15 is 0 Å². The Hall–Kier alpha value is -1.95. The molecule has 126 valence electrons. The quantitative estimate of drug-likeness (QED) is 0.771. The Kier molecular flexibility index (Phi) is 4.58. The predicted molar refractivity (Wildman–Crippen MR) is 89.9 cm³/mol. The average molecular weight is 351 g/mol. The third-order valence-corrected chi connectivity index (χ3v) is 5.20. The molecule has 24 heavy (non-hydrogen) atoms. The van der Waals surface area contributed by atoms with E-state index in [0.717, 1.165) is 24.1 Å². The molecule has 3 rings (SSSR count). The molecule has 6 heteroatoms. The van der Waals surface area contributed by atoms with Crippen molar-refractivity contribution in [3.8, 4) is 0 Å². The molecule has 0 aliphatic carbocycles. The van der Waals surface area contributed by atoms with Gasteiger partial charge in [-0.2, -0.15) is 13.2 Å². The Morgan fingerprint density at radius 1 is 1.17 bits per heavy atom. The highest BCUT2D eigenvalue weighted by Crippen LogP contribution is 2.43. The summed E-state index contributed by atoms with van der Waals surface area (Å²) in [6.07, 6.45) is -3.52. The highest BCUT2D eigenvalue weighted by atomic mass is 32.2. The van der Waals surface area contributed by atoms with Crippen molar-refractivity contribution in [3.63, 3.8) is 0 Å². The molecule has 0 unspecified atom stereocenters. The molecular weight excluding hydrogens is 335 g/mol. The maximum atomic E-state index is 12.9. The zero-order valence-corrected chi connectivity index (χ0v) is 13.8. The van der Waals surface area contributed by atoms with Crippen LogP contribution in [-0.4, -0.2) is 11.7 Å². The van der Waals surface area contributed by atoms with Gasteiger partial charge >= 0.3 is 6.18 Å². The number of rotatable bonds is 3. The summed E-state index contributed by atoms with van der Waals surface area (Å²) in [5.74, 6) is 0.0834. The van der Waals surface area contributed by atoms with E-state index in [1.807, 2.05) is 24.3 Å². The summed E-state index contributed by atoms with van der Waals surface area (Å²) in [5.41, 5.74) is 1.63. The molecular formula is C18H16F3NOS. The van der Waals surface area contributed by atoms with Gasteiger partial charge in [0.1, 0.15) is 5.37 Å². The molecule has 0 bridgehead atoms. The highest BCUT2D eigenvalue weighted by molar-refractivity contribution is 8.00. The zero-order valence-electron chi connectivity index (χ0n) is 13.0. The third kappa shape index (κ3) is 3.29. The molecule has 0 spiro atoms. The number of carbonyl (C=O) groups is 1.